The summed E-state index contributed by atoms with van der Waals surface area (Å²) in [4.78, 5) is 15.7. The molecule has 31 heavy (non-hydrogen) atoms. The molecule has 158 valence electrons. The molecule has 2 aromatic heterocycles. The fourth-order valence-corrected chi connectivity index (χ4v) is 4.11. The number of fused-ring (bicyclic) bond motifs is 1. The van der Waals surface area contributed by atoms with Crippen molar-refractivity contribution in [3.8, 4) is 28.5 Å². The Balaban J connectivity index is 1.50. The Bertz CT molecular complexity index is 1240. The van der Waals surface area contributed by atoms with Gasteiger partial charge in [-0.25, -0.2) is 4.52 Å². The Morgan fingerprint density at radius 3 is 2.61 bits per heavy atom. The normalized spacial score (nSPS) is 16.0. The number of nitrogens with zero attached hydrogens (tertiary/aromatic N) is 2. The molecule has 0 aliphatic carbocycles. The zero-order chi connectivity index (χ0) is 21.4. The van der Waals surface area contributed by atoms with Gasteiger partial charge in [0.15, 0.2) is 17.2 Å². The van der Waals surface area contributed by atoms with Crippen LogP contribution in [0.15, 0.2) is 54.7 Å². The molecule has 0 saturated carbocycles. The number of carbonyl (C=O) groups excluding carboxylic acids is 1. The van der Waals surface area contributed by atoms with Gasteiger partial charge in [-0.2, -0.15) is 5.10 Å². The fourth-order valence-electron chi connectivity index (χ4n) is 4.11. The number of benzene rings is 2. The summed E-state index contributed by atoms with van der Waals surface area (Å²) in [6.07, 6.45) is 2.86. The molecule has 0 radical (unpaired) electrons. The number of aromatic nitrogens is 3. The van der Waals surface area contributed by atoms with Crippen LogP contribution in [-0.4, -0.2) is 40.7 Å². The highest BCUT2D eigenvalue weighted by atomic mass is 16.5. The highest BCUT2D eigenvalue weighted by Gasteiger charge is 2.26. The molecular formula is C23H23N5O3. The lowest BCUT2D eigenvalue weighted by Gasteiger charge is -2.10. The maximum atomic E-state index is 12.3. The summed E-state index contributed by atoms with van der Waals surface area (Å²) in [5.41, 5.74) is 9.43. The Labute approximate surface area is 179 Å². The highest BCUT2D eigenvalue weighted by Crippen LogP contribution is 2.34. The number of rotatable bonds is 6. The number of carbonyl (C=O) groups is 1. The molecule has 1 aliphatic heterocycles. The van der Waals surface area contributed by atoms with Gasteiger partial charge in [0, 0.05) is 23.6 Å². The van der Waals surface area contributed by atoms with Crippen molar-refractivity contribution < 1.29 is 14.3 Å². The molecule has 1 unspecified atom stereocenters. The third-order valence-corrected chi connectivity index (χ3v) is 5.66. The highest BCUT2D eigenvalue weighted by molar-refractivity contribution is 5.98. The van der Waals surface area contributed by atoms with Gasteiger partial charge in [-0.05, 0) is 49.4 Å². The maximum absolute atomic E-state index is 12.3. The lowest BCUT2D eigenvalue weighted by atomic mass is 10.0. The van der Waals surface area contributed by atoms with Gasteiger partial charge in [0.2, 0.25) is 0 Å². The second kappa shape index (κ2) is 7.81. The number of H-pyrrole nitrogens is 1. The van der Waals surface area contributed by atoms with Crippen LogP contribution in [0.1, 0.15) is 28.4 Å². The van der Waals surface area contributed by atoms with Gasteiger partial charge in [-0.1, -0.05) is 12.1 Å². The van der Waals surface area contributed by atoms with E-state index in [9.17, 15) is 4.79 Å². The van der Waals surface area contributed by atoms with Crippen LogP contribution >= 0.6 is 0 Å². The molecular weight excluding hydrogens is 394 g/mol. The van der Waals surface area contributed by atoms with Crippen LogP contribution in [0.25, 0.3) is 16.9 Å². The van der Waals surface area contributed by atoms with Crippen molar-refractivity contribution in [1.82, 2.24) is 19.9 Å². The van der Waals surface area contributed by atoms with Gasteiger partial charge in [0.05, 0.1) is 19.0 Å². The maximum Gasteiger partial charge on any atom is 0.269 e. The van der Waals surface area contributed by atoms with Gasteiger partial charge in [0.25, 0.3) is 5.91 Å². The van der Waals surface area contributed by atoms with Gasteiger partial charge in [-0.15, -0.1) is 0 Å². The van der Waals surface area contributed by atoms with Crippen LogP contribution in [0.3, 0.4) is 0 Å². The first-order valence-corrected chi connectivity index (χ1v) is 10.2. The van der Waals surface area contributed by atoms with E-state index in [1.165, 1.54) is 0 Å². The Morgan fingerprint density at radius 2 is 1.94 bits per heavy atom. The molecule has 8 heteroatoms. The summed E-state index contributed by atoms with van der Waals surface area (Å²) in [5, 5.41) is 7.81. The first-order chi connectivity index (χ1) is 15.2. The van der Waals surface area contributed by atoms with Crippen molar-refractivity contribution in [1.29, 1.82) is 0 Å². The van der Waals surface area contributed by atoms with E-state index in [-0.39, 0.29) is 0 Å². The summed E-state index contributed by atoms with van der Waals surface area (Å²) < 4.78 is 12.9. The van der Waals surface area contributed by atoms with E-state index >= 15 is 0 Å². The van der Waals surface area contributed by atoms with Crippen LogP contribution in [0, 0.1) is 0 Å². The van der Waals surface area contributed by atoms with E-state index in [0.29, 0.717) is 34.6 Å². The average molecular weight is 417 g/mol. The number of amides is 1. The van der Waals surface area contributed by atoms with Gasteiger partial charge >= 0.3 is 0 Å². The predicted octanol–water partition coefficient (Wildman–Crippen LogP) is 3.31. The molecule has 1 fully saturated rings. The number of imidazole rings is 1. The van der Waals surface area contributed by atoms with Crippen molar-refractivity contribution in [2.24, 2.45) is 5.73 Å². The minimum Gasteiger partial charge on any atom is -0.493 e. The van der Waals surface area contributed by atoms with Crippen molar-refractivity contribution in [3.63, 3.8) is 0 Å². The van der Waals surface area contributed by atoms with E-state index in [1.54, 1.807) is 11.6 Å². The molecule has 8 nitrogen and oxygen atoms in total. The molecule has 4 N–H and O–H groups in total. The third-order valence-electron chi connectivity index (χ3n) is 5.66. The number of hydrogen-bond donors (Lipinski definition) is 3. The second-order valence-electron chi connectivity index (χ2n) is 7.54. The summed E-state index contributed by atoms with van der Waals surface area (Å²) in [7, 11) is 1.61. The molecule has 1 saturated heterocycles. The molecule has 3 heterocycles. The van der Waals surface area contributed by atoms with Crippen molar-refractivity contribution in [2.45, 2.75) is 12.3 Å². The number of primary amides is 1. The van der Waals surface area contributed by atoms with E-state index < -0.39 is 5.91 Å². The van der Waals surface area contributed by atoms with Gasteiger partial charge < -0.3 is 25.5 Å². The zero-order valence-corrected chi connectivity index (χ0v) is 17.1. The first kappa shape index (κ1) is 19.2. The van der Waals surface area contributed by atoms with Crippen LogP contribution in [0.5, 0.6) is 17.2 Å². The smallest absolute Gasteiger partial charge is 0.269 e. The third kappa shape index (κ3) is 3.40. The number of nitrogens with one attached hydrogen (secondary N) is 2. The summed E-state index contributed by atoms with van der Waals surface area (Å²) in [5.74, 6) is 1.77. The minimum absolute atomic E-state index is 0.339. The summed E-state index contributed by atoms with van der Waals surface area (Å²) >= 11 is 0. The molecule has 5 rings (SSSR count). The topological polar surface area (TPSA) is 107 Å². The molecule has 1 atom stereocenters. The van der Waals surface area contributed by atoms with Gasteiger partial charge in [-0.3, -0.25) is 4.79 Å². The van der Waals surface area contributed by atoms with Crippen LogP contribution < -0.4 is 20.5 Å². The molecule has 0 bridgehead atoms. The molecule has 2 aromatic carbocycles. The average Bonchev–Trinajstić information content (AvgIpc) is 3.51. The standard InChI is InChI=1S/C23H23N5O3/c1-30-18-4-2-3-5-19(18)31-16-8-6-14(7-9-16)20-21(22(24)29)28-23(27-20)17(13-26-28)15-10-11-25-12-15/h2-9,13,15,25,27H,10-12H2,1H3,(H2,24,29). The number of nitrogens with two attached hydrogens (primary N) is 1. The monoisotopic (exact) mass is 417 g/mol. The predicted molar refractivity (Wildman–Crippen MR) is 117 cm³/mol. The number of ether oxygens (including phenoxy) is 2. The molecule has 1 aliphatic rings. The number of hydrogen-bond acceptors (Lipinski definition) is 5. The Kier molecular flexibility index (Phi) is 4.83. The van der Waals surface area contributed by atoms with E-state index in [0.717, 1.165) is 36.3 Å². The quantitative estimate of drug-likeness (QED) is 0.446. The fraction of sp³-hybridized carbons (Fsp3) is 0.217. The zero-order valence-electron chi connectivity index (χ0n) is 17.1. The lowest BCUT2D eigenvalue weighted by molar-refractivity contribution is 0.0994. The molecule has 1 amide bonds. The summed E-state index contributed by atoms with van der Waals surface area (Å²) in [6, 6.07) is 14.9. The van der Waals surface area contributed by atoms with E-state index in [2.05, 4.69) is 15.4 Å². The summed E-state index contributed by atoms with van der Waals surface area (Å²) in [6.45, 7) is 1.88. The molecule has 0 spiro atoms. The Morgan fingerprint density at radius 1 is 1.16 bits per heavy atom. The molecule has 4 aromatic rings. The SMILES string of the molecule is COc1ccccc1Oc1ccc(-c2[nH]c3c(C4CCNC4)cnn3c2C(N)=O)cc1. The van der Waals surface area contributed by atoms with Crippen molar-refractivity contribution in [2.75, 3.05) is 20.2 Å². The van der Waals surface area contributed by atoms with E-state index in [4.69, 9.17) is 15.2 Å². The first-order valence-electron chi connectivity index (χ1n) is 10.2. The van der Waals surface area contributed by atoms with Crippen LogP contribution in [-0.2, 0) is 0 Å². The van der Waals surface area contributed by atoms with Crippen LogP contribution in [0.2, 0.25) is 0 Å². The van der Waals surface area contributed by atoms with Crippen molar-refractivity contribution >= 4 is 11.6 Å². The second-order valence-corrected chi connectivity index (χ2v) is 7.54. The van der Waals surface area contributed by atoms with Gasteiger partial charge in [0.1, 0.15) is 11.4 Å². The van der Waals surface area contributed by atoms with Crippen LogP contribution in [0.4, 0.5) is 0 Å². The van der Waals surface area contributed by atoms with E-state index in [1.807, 2.05) is 54.7 Å². The largest absolute Gasteiger partial charge is 0.493 e. The number of para-hydroxylation sites is 2. The number of methoxy groups -OCH3 is 1. The lowest BCUT2D eigenvalue weighted by Crippen LogP contribution is -2.15. The Hall–Kier alpha value is -3.78. The number of aromatic amines is 1. The van der Waals surface area contributed by atoms with Crippen molar-refractivity contribution in [3.05, 3.63) is 66.0 Å². The minimum atomic E-state index is -0.533.